The minimum absolute atomic E-state index is 0.286. The molecule has 1 heterocycles. The number of ether oxygens (including phenoxy) is 1. The van der Waals surface area contributed by atoms with Crippen molar-refractivity contribution >= 4 is 0 Å². The molecule has 1 saturated carbocycles. The zero-order chi connectivity index (χ0) is 13.8. The largest absolute Gasteiger partial charge is 0.366 e. The summed E-state index contributed by atoms with van der Waals surface area (Å²) < 4.78 is 6.15. The van der Waals surface area contributed by atoms with Crippen molar-refractivity contribution in [1.29, 1.82) is 0 Å². The van der Waals surface area contributed by atoms with E-state index in [-0.39, 0.29) is 5.60 Å². The fourth-order valence-corrected chi connectivity index (χ4v) is 4.80. The molecule has 1 aliphatic carbocycles. The van der Waals surface area contributed by atoms with Crippen molar-refractivity contribution in [2.24, 2.45) is 16.2 Å². The molecule has 0 aromatic rings. The molecule has 2 atom stereocenters. The summed E-state index contributed by atoms with van der Waals surface area (Å²) in [7, 11) is 0. The monoisotopic (exact) mass is 252 g/mol. The number of epoxide rings is 1. The van der Waals surface area contributed by atoms with E-state index in [1.165, 1.54) is 32.1 Å². The summed E-state index contributed by atoms with van der Waals surface area (Å²) in [5.41, 5.74) is 1.41. The first kappa shape index (κ1) is 14.4. The van der Waals surface area contributed by atoms with Crippen LogP contribution in [0.5, 0.6) is 0 Å². The molecule has 2 unspecified atom stereocenters. The minimum atomic E-state index is 0.286. The van der Waals surface area contributed by atoms with Gasteiger partial charge in [-0.15, -0.1) is 0 Å². The summed E-state index contributed by atoms with van der Waals surface area (Å²) in [6, 6.07) is 0. The number of fused-ring (bicyclic) bond motifs is 1. The molecule has 0 radical (unpaired) electrons. The highest BCUT2D eigenvalue weighted by Gasteiger charge is 2.65. The molecule has 106 valence electrons. The Bertz CT molecular complexity index is 303. The van der Waals surface area contributed by atoms with Gasteiger partial charge in [-0.2, -0.15) is 0 Å². The predicted octanol–water partition coefficient (Wildman–Crippen LogP) is 5.19. The Hall–Kier alpha value is -0.0400. The molecule has 1 saturated heterocycles. The molecule has 0 bridgehead atoms. The minimum Gasteiger partial charge on any atom is -0.366 e. The molecule has 18 heavy (non-hydrogen) atoms. The van der Waals surface area contributed by atoms with Gasteiger partial charge in [-0.25, -0.2) is 0 Å². The third kappa shape index (κ3) is 1.94. The van der Waals surface area contributed by atoms with Crippen LogP contribution in [0.4, 0.5) is 0 Å². The highest BCUT2D eigenvalue weighted by Crippen LogP contribution is 2.66. The third-order valence-corrected chi connectivity index (χ3v) is 5.96. The van der Waals surface area contributed by atoms with Gasteiger partial charge in [0.2, 0.25) is 0 Å². The lowest BCUT2D eigenvalue weighted by atomic mass is 9.48. The second-order valence-corrected chi connectivity index (χ2v) is 8.71. The highest BCUT2D eigenvalue weighted by molar-refractivity contribution is 5.14. The summed E-state index contributed by atoms with van der Waals surface area (Å²) in [5, 5.41) is 0. The van der Waals surface area contributed by atoms with Crippen molar-refractivity contribution in [2.45, 2.75) is 92.3 Å². The first-order valence-corrected chi connectivity index (χ1v) is 7.76. The Balaban J connectivity index is 2.23. The molecule has 0 amide bonds. The Labute approximate surface area is 114 Å². The molecule has 2 fully saturated rings. The molecule has 0 N–H and O–H groups in total. The quantitative estimate of drug-likeness (QED) is 0.616. The maximum Gasteiger partial charge on any atom is 0.0948 e. The Morgan fingerprint density at radius 2 is 1.56 bits per heavy atom. The maximum atomic E-state index is 6.15. The summed E-state index contributed by atoms with van der Waals surface area (Å²) in [4.78, 5) is 0. The number of hydrogen-bond acceptors (Lipinski definition) is 1. The van der Waals surface area contributed by atoms with E-state index >= 15 is 0 Å². The molecule has 0 aromatic heterocycles. The fourth-order valence-electron chi connectivity index (χ4n) is 4.80. The summed E-state index contributed by atoms with van der Waals surface area (Å²) >= 11 is 0. The third-order valence-electron chi connectivity index (χ3n) is 5.96. The zero-order valence-electron chi connectivity index (χ0n) is 13.5. The fraction of sp³-hybridized carbons (Fsp3) is 1.00. The SMILES string of the molecule is CCCC12CCC(C(C)(C)C)(C(C)(C)C)CC1O2. The molecule has 2 aliphatic rings. The standard InChI is InChI=1S/C17H32O/c1-8-9-16-10-11-17(14(2,3)4,15(5,6)7)12-13(16)18-16/h13H,8-12H2,1-7H3. The Morgan fingerprint density at radius 1 is 1.00 bits per heavy atom. The molecule has 1 aliphatic heterocycles. The van der Waals surface area contributed by atoms with E-state index in [2.05, 4.69) is 48.5 Å². The Kier molecular flexibility index (Phi) is 3.17. The van der Waals surface area contributed by atoms with Crippen LogP contribution < -0.4 is 0 Å². The highest BCUT2D eigenvalue weighted by atomic mass is 16.6. The first-order chi connectivity index (χ1) is 8.08. The summed E-state index contributed by atoms with van der Waals surface area (Å²) in [5.74, 6) is 0. The van der Waals surface area contributed by atoms with Gasteiger partial charge in [0.15, 0.2) is 0 Å². The van der Waals surface area contributed by atoms with Gasteiger partial charge in [0.25, 0.3) is 0 Å². The van der Waals surface area contributed by atoms with E-state index in [1.807, 2.05) is 0 Å². The van der Waals surface area contributed by atoms with Crippen molar-refractivity contribution in [1.82, 2.24) is 0 Å². The van der Waals surface area contributed by atoms with Crippen molar-refractivity contribution in [3.8, 4) is 0 Å². The topological polar surface area (TPSA) is 12.5 Å². The second kappa shape index (κ2) is 3.98. The number of hydrogen-bond donors (Lipinski definition) is 0. The van der Waals surface area contributed by atoms with E-state index in [9.17, 15) is 0 Å². The van der Waals surface area contributed by atoms with E-state index < -0.39 is 0 Å². The lowest BCUT2D eigenvalue weighted by molar-refractivity contribution is -0.0630. The van der Waals surface area contributed by atoms with Gasteiger partial charge in [0.1, 0.15) is 0 Å². The molecule has 0 spiro atoms. The van der Waals surface area contributed by atoms with Gasteiger partial charge in [-0.3, -0.25) is 0 Å². The molecule has 2 rings (SSSR count). The van der Waals surface area contributed by atoms with Crippen LogP contribution in [-0.2, 0) is 4.74 Å². The van der Waals surface area contributed by atoms with E-state index in [4.69, 9.17) is 4.74 Å². The first-order valence-electron chi connectivity index (χ1n) is 7.76. The summed E-state index contributed by atoms with van der Waals surface area (Å²) in [6.45, 7) is 16.8. The van der Waals surface area contributed by atoms with Crippen LogP contribution in [0.1, 0.15) is 80.6 Å². The predicted molar refractivity (Wildman–Crippen MR) is 77.7 cm³/mol. The van der Waals surface area contributed by atoms with Crippen molar-refractivity contribution in [3.63, 3.8) is 0 Å². The van der Waals surface area contributed by atoms with Gasteiger partial charge < -0.3 is 4.74 Å². The molecular formula is C17H32O. The molecule has 1 nitrogen and oxygen atoms in total. The van der Waals surface area contributed by atoms with Crippen LogP contribution >= 0.6 is 0 Å². The van der Waals surface area contributed by atoms with E-state index in [0.717, 1.165) is 0 Å². The van der Waals surface area contributed by atoms with Gasteiger partial charge in [0.05, 0.1) is 11.7 Å². The van der Waals surface area contributed by atoms with Crippen LogP contribution in [0.15, 0.2) is 0 Å². The lowest BCUT2D eigenvalue weighted by Gasteiger charge is -2.56. The average molecular weight is 252 g/mol. The van der Waals surface area contributed by atoms with Gasteiger partial charge in [0, 0.05) is 0 Å². The zero-order valence-corrected chi connectivity index (χ0v) is 13.5. The van der Waals surface area contributed by atoms with Crippen molar-refractivity contribution in [3.05, 3.63) is 0 Å². The average Bonchev–Trinajstić information content (AvgIpc) is 2.87. The normalized spacial score (nSPS) is 35.2. The van der Waals surface area contributed by atoms with Crippen LogP contribution in [-0.4, -0.2) is 11.7 Å². The van der Waals surface area contributed by atoms with Gasteiger partial charge in [-0.1, -0.05) is 54.9 Å². The smallest absolute Gasteiger partial charge is 0.0948 e. The van der Waals surface area contributed by atoms with E-state index in [0.29, 0.717) is 22.3 Å². The lowest BCUT2D eigenvalue weighted by Crippen LogP contribution is -2.50. The van der Waals surface area contributed by atoms with Gasteiger partial charge in [-0.05, 0) is 41.9 Å². The van der Waals surface area contributed by atoms with E-state index in [1.54, 1.807) is 0 Å². The Morgan fingerprint density at radius 3 is 1.94 bits per heavy atom. The van der Waals surface area contributed by atoms with Crippen molar-refractivity contribution in [2.75, 3.05) is 0 Å². The molecule has 1 heteroatoms. The second-order valence-electron chi connectivity index (χ2n) is 8.71. The van der Waals surface area contributed by atoms with Crippen LogP contribution in [0.3, 0.4) is 0 Å². The molecular weight excluding hydrogens is 220 g/mol. The van der Waals surface area contributed by atoms with Crippen molar-refractivity contribution < 1.29 is 4.74 Å². The maximum absolute atomic E-state index is 6.15. The number of rotatable bonds is 2. The van der Waals surface area contributed by atoms with Gasteiger partial charge >= 0.3 is 0 Å². The molecule has 0 aromatic carbocycles. The summed E-state index contributed by atoms with van der Waals surface area (Å²) in [6.07, 6.45) is 6.94. The van der Waals surface area contributed by atoms with Crippen LogP contribution in [0.2, 0.25) is 0 Å². The van der Waals surface area contributed by atoms with Crippen LogP contribution in [0, 0.1) is 16.2 Å². The van der Waals surface area contributed by atoms with Crippen LogP contribution in [0.25, 0.3) is 0 Å².